The number of rotatable bonds is 4. The van der Waals surface area contributed by atoms with E-state index in [1.165, 1.54) is 11.8 Å². The Morgan fingerprint density at radius 3 is 2.44 bits per heavy atom. The maximum atomic E-state index is 10.2. The second-order valence-electron chi connectivity index (χ2n) is 2.96. The number of aliphatic imine (C=N–C) groups is 2. The summed E-state index contributed by atoms with van der Waals surface area (Å²) in [5.41, 5.74) is 1.01. The van der Waals surface area contributed by atoms with Gasteiger partial charge in [-0.25, -0.2) is 4.99 Å². The number of carbonyl (C=O) groups excluding carboxylic acids is 1. The first-order valence-corrected chi connectivity index (χ1v) is 5.56. The van der Waals surface area contributed by atoms with Crippen molar-refractivity contribution in [3.05, 3.63) is 23.3 Å². The second-order valence-corrected chi connectivity index (χ2v) is 4.36. The highest BCUT2D eigenvalue weighted by Gasteiger charge is 2.05. The standard InChI is InChI=1S/C11H17N3OS/c1-6-13-11(12-5)8(2)9(3)16-10(4)14-7-15/h6-7H,1H2,2-5H3,(H,12,13)/b9-8-,14-10?. The monoisotopic (exact) mass is 239 g/mol. The minimum atomic E-state index is 0.543. The summed E-state index contributed by atoms with van der Waals surface area (Å²) in [5.74, 6) is 0.763. The lowest BCUT2D eigenvalue weighted by Gasteiger charge is -2.09. The first kappa shape index (κ1) is 14.6. The zero-order chi connectivity index (χ0) is 12.6. The van der Waals surface area contributed by atoms with E-state index in [-0.39, 0.29) is 0 Å². The van der Waals surface area contributed by atoms with Crippen LogP contribution in [0.25, 0.3) is 0 Å². The molecule has 0 aliphatic carbocycles. The smallest absolute Gasteiger partial charge is 0.233 e. The van der Waals surface area contributed by atoms with Gasteiger partial charge in [0.25, 0.3) is 0 Å². The number of nitrogens with one attached hydrogen (secondary N) is 1. The van der Waals surface area contributed by atoms with Crippen molar-refractivity contribution in [2.45, 2.75) is 20.8 Å². The molecular formula is C11H17N3OS. The average molecular weight is 239 g/mol. The number of allylic oxidation sites excluding steroid dienone is 1. The minimum absolute atomic E-state index is 0.543. The molecule has 0 aromatic carbocycles. The summed E-state index contributed by atoms with van der Waals surface area (Å²) >= 11 is 1.45. The summed E-state index contributed by atoms with van der Waals surface area (Å²) in [5, 5.41) is 3.66. The number of amidine groups is 1. The highest BCUT2D eigenvalue weighted by atomic mass is 32.2. The number of carbonyl (C=O) groups is 1. The molecule has 0 saturated heterocycles. The van der Waals surface area contributed by atoms with Gasteiger partial charge in [0.2, 0.25) is 6.41 Å². The molecule has 0 rings (SSSR count). The van der Waals surface area contributed by atoms with Crippen LogP contribution in [0.3, 0.4) is 0 Å². The molecule has 0 aromatic heterocycles. The van der Waals surface area contributed by atoms with Crippen LogP contribution < -0.4 is 5.32 Å². The van der Waals surface area contributed by atoms with Crippen LogP contribution in [-0.2, 0) is 4.79 Å². The molecule has 16 heavy (non-hydrogen) atoms. The number of hydrogen-bond donors (Lipinski definition) is 1. The molecule has 0 aromatic rings. The summed E-state index contributed by atoms with van der Waals surface area (Å²) in [4.78, 5) is 19.0. The lowest BCUT2D eigenvalue weighted by Crippen LogP contribution is -2.18. The number of thioether (sulfide) groups is 1. The lowest BCUT2D eigenvalue weighted by atomic mass is 10.2. The van der Waals surface area contributed by atoms with Gasteiger partial charge in [0.1, 0.15) is 5.84 Å². The molecule has 1 amide bonds. The SMILES string of the molecule is C=CNC(=NC)/C(C)=C(/C)SC(C)=NC=O. The molecule has 0 bridgehead atoms. The van der Waals surface area contributed by atoms with E-state index in [1.54, 1.807) is 20.2 Å². The summed E-state index contributed by atoms with van der Waals surface area (Å²) in [6.45, 7) is 9.29. The van der Waals surface area contributed by atoms with E-state index >= 15 is 0 Å². The van der Waals surface area contributed by atoms with Gasteiger partial charge in [-0.05, 0) is 31.9 Å². The van der Waals surface area contributed by atoms with E-state index in [4.69, 9.17) is 0 Å². The normalized spacial score (nSPS) is 14.2. The Kier molecular flexibility index (Phi) is 7.20. The summed E-state index contributed by atoms with van der Waals surface area (Å²) in [7, 11) is 1.71. The van der Waals surface area contributed by atoms with E-state index < -0.39 is 0 Å². The van der Waals surface area contributed by atoms with Crippen LogP contribution in [-0.4, -0.2) is 24.3 Å². The van der Waals surface area contributed by atoms with Crippen LogP contribution in [0.5, 0.6) is 0 Å². The molecule has 5 heteroatoms. The van der Waals surface area contributed by atoms with Crippen molar-refractivity contribution in [3.8, 4) is 0 Å². The fourth-order valence-corrected chi connectivity index (χ4v) is 1.79. The molecule has 1 N–H and O–H groups in total. The van der Waals surface area contributed by atoms with Gasteiger partial charge in [-0.15, -0.1) is 0 Å². The molecule has 0 spiro atoms. The van der Waals surface area contributed by atoms with Gasteiger partial charge in [-0.1, -0.05) is 18.3 Å². The fraction of sp³-hybridized carbons (Fsp3) is 0.364. The Labute approximate surface area is 101 Å². The van der Waals surface area contributed by atoms with Gasteiger partial charge in [0.15, 0.2) is 0 Å². The minimum Gasteiger partial charge on any atom is -0.347 e. The van der Waals surface area contributed by atoms with Gasteiger partial charge in [0.05, 0.1) is 5.04 Å². The Bertz CT molecular complexity index is 356. The molecule has 88 valence electrons. The van der Waals surface area contributed by atoms with E-state index in [2.05, 4.69) is 21.9 Å². The summed E-state index contributed by atoms with van der Waals surface area (Å²) in [6.07, 6.45) is 2.12. The first-order chi connectivity index (χ1) is 7.56. The van der Waals surface area contributed by atoms with E-state index in [0.717, 1.165) is 16.3 Å². The number of hydrogen-bond acceptors (Lipinski definition) is 3. The second kappa shape index (κ2) is 7.87. The molecule has 0 radical (unpaired) electrons. The Morgan fingerprint density at radius 1 is 1.38 bits per heavy atom. The largest absolute Gasteiger partial charge is 0.347 e. The average Bonchev–Trinajstić information content (AvgIpc) is 2.25. The molecule has 0 unspecified atom stereocenters. The van der Waals surface area contributed by atoms with Crippen LogP contribution in [0.4, 0.5) is 0 Å². The van der Waals surface area contributed by atoms with Crippen LogP contribution in [0, 0.1) is 0 Å². The Morgan fingerprint density at radius 2 is 2.00 bits per heavy atom. The molecule has 0 fully saturated rings. The molecule has 0 saturated carbocycles. The van der Waals surface area contributed by atoms with Gasteiger partial charge in [0, 0.05) is 12.6 Å². The van der Waals surface area contributed by atoms with Crippen LogP contribution in [0.2, 0.25) is 0 Å². The van der Waals surface area contributed by atoms with Crippen molar-refractivity contribution >= 4 is 29.1 Å². The highest BCUT2D eigenvalue weighted by molar-refractivity contribution is 8.17. The molecule has 0 aliphatic rings. The van der Waals surface area contributed by atoms with E-state index in [0.29, 0.717) is 11.5 Å². The maximum Gasteiger partial charge on any atom is 0.233 e. The summed E-state index contributed by atoms with van der Waals surface area (Å²) in [6, 6.07) is 0. The van der Waals surface area contributed by atoms with Crippen molar-refractivity contribution < 1.29 is 4.79 Å². The van der Waals surface area contributed by atoms with Gasteiger partial charge in [-0.2, -0.15) is 0 Å². The third-order valence-electron chi connectivity index (χ3n) is 1.88. The van der Waals surface area contributed by atoms with Crippen molar-refractivity contribution in [2.24, 2.45) is 9.98 Å². The molecule has 0 aliphatic heterocycles. The molecule has 4 nitrogen and oxygen atoms in total. The van der Waals surface area contributed by atoms with Gasteiger partial charge < -0.3 is 5.32 Å². The topological polar surface area (TPSA) is 53.8 Å². The zero-order valence-corrected chi connectivity index (χ0v) is 10.9. The van der Waals surface area contributed by atoms with Crippen molar-refractivity contribution in [1.29, 1.82) is 0 Å². The number of amides is 1. The van der Waals surface area contributed by atoms with Crippen molar-refractivity contribution in [1.82, 2.24) is 5.32 Å². The predicted molar refractivity (Wildman–Crippen MR) is 71.8 cm³/mol. The predicted octanol–water partition coefficient (Wildman–Crippen LogP) is 2.35. The van der Waals surface area contributed by atoms with Crippen LogP contribution in [0.15, 0.2) is 33.2 Å². The maximum absolute atomic E-state index is 10.2. The third kappa shape index (κ3) is 4.93. The van der Waals surface area contributed by atoms with Crippen molar-refractivity contribution in [3.63, 3.8) is 0 Å². The fourth-order valence-electron chi connectivity index (χ4n) is 1.00. The Hall–Kier alpha value is -1.36. The zero-order valence-electron chi connectivity index (χ0n) is 10.1. The molecular weight excluding hydrogens is 222 g/mol. The van der Waals surface area contributed by atoms with Gasteiger partial charge in [-0.3, -0.25) is 9.79 Å². The van der Waals surface area contributed by atoms with E-state index in [1.807, 2.05) is 13.8 Å². The van der Waals surface area contributed by atoms with E-state index in [9.17, 15) is 4.79 Å². The van der Waals surface area contributed by atoms with Gasteiger partial charge >= 0.3 is 0 Å². The Balaban J connectivity index is 4.87. The molecule has 0 heterocycles. The first-order valence-electron chi connectivity index (χ1n) is 4.74. The lowest BCUT2D eigenvalue weighted by molar-refractivity contribution is -0.106. The highest BCUT2D eigenvalue weighted by Crippen LogP contribution is 2.21. The van der Waals surface area contributed by atoms with Crippen LogP contribution in [0.1, 0.15) is 20.8 Å². The quantitative estimate of drug-likeness (QED) is 0.465. The van der Waals surface area contributed by atoms with Crippen LogP contribution >= 0.6 is 11.8 Å². The van der Waals surface area contributed by atoms with Crippen molar-refractivity contribution in [2.75, 3.05) is 7.05 Å². The summed E-state index contributed by atoms with van der Waals surface area (Å²) < 4.78 is 0. The molecule has 0 atom stereocenters. The third-order valence-corrected chi connectivity index (χ3v) is 2.89. The number of nitrogens with zero attached hydrogens (tertiary/aromatic N) is 2.